The predicted molar refractivity (Wildman–Crippen MR) is 87.5 cm³/mol. The minimum atomic E-state index is 0.174. The molecule has 0 saturated heterocycles. The number of nitrogens with zero attached hydrogens (tertiary/aromatic N) is 2. The van der Waals surface area contributed by atoms with Crippen LogP contribution in [0.1, 0.15) is 41.8 Å². The Morgan fingerprint density at radius 3 is 2.90 bits per heavy atom. The van der Waals surface area contributed by atoms with E-state index in [1.807, 2.05) is 6.92 Å². The summed E-state index contributed by atoms with van der Waals surface area (Å²) in [5.41, 5.74) is 3.74. The normalized spacial score (nSPS) is 18.1. The van der Waals surface area contributed by atoms with Crippen molar-refractivity contribution < 1.29 is 4.42 Å². The molecule has 0 spiro atoms. The van der Waals surface area contributed by atoms with Crippen LogP contribution in [0.15, 0.2) is 25.5 Å². The van der Waals surface area contributed by atoms with Gasteiger partial charge in [0.2, 0.25) is 11.8 Å². The number of hydrogen-bond acceptors (Lipinski definition) is 3. The van der Waals surface area contributed by atoms with E-state index >= 15 is 0 Å². The summed E-state index contributed by atoms with van der Waals surface area (Å²) >= 11 is 7.22. The molecule has 1 atom stereocenters. The summed E-state index contributed by atoms with van der Waals surface area (Å²) in [4.78, 5) is 3.57. The van der Waals surface area contributed by atoms with Gasteiger partial charge in [0.15, 0.2) is 0 Å². The Balaban J connectivity index is 1.94. The van der Waals surface area contributed by atoms with Crippen molar-refractivity contribution in [3.05, 3.63) is 44.1 Å². The minimum absolute atomic E-state index is 0.174. The van der Waals surface area contributed by atoms with Crippen LogP contribution in [-0.2, 0) is 6.42 Å². The number of nitrogens with one attached hydrogen (secondary N) is 1. The van der Waals surface area contributed by atoms with E-state index in [1.54, 1.807) is 0 Å². The first-order chi connectivity index (χ1) is 10.1. The van der Waals surface area contributed by atoms with Crippen LogP contribution in [0.2, 0.25) is 0 Å². The van der Waals surface area contributed by atoms with Gasteiger partial charge in [-0.15, -0.1) is 10.2 Å². The molecule has 0 aliphatic heterocycles. The average molecular weight is 411 g/mol. The van der Waals surface area contributed by atoms with Crippen molar-refractivity contribution in [2.24, 2.45) is 0 Å². The fourth-order valence-corrected chi connectivity index (χ4v) is 4.51. The van der Waals surface area contributed by atoms with Crippen LogP contribution in [0.4, 0.5) is 0 Å². The Morgan fingerprint density at radius 2 is 2.14 bits per heavy atom. The van der Waals surface area contributed by atoms with Gasteiger partial charge < -0.3 is 9.40 Å². The van der Waals surface area contributed by atoms with E-state index < -0.39 is 0 Å². The quantitative estimate of drug-likeness (QED) is 0.623. The minimum Gasteiger partial charge on any atom is -0.425 e. The number of benzene rings is 1. The summed E-state index contributed by atoms with van der Waals surface area (Å²) in [5, 5.41) is 9.46. The lowest BCUT2D eigenvalue weighted by molar-refractivity contribution is 0.423. The Labute approximate surface area is 138 Å². The second-order valence-electron chi connectivity index (χ2n) is 5.43. The lowest BCUT2D eigenvalue weighted by atomic mass is 9.87. The molecule has 0 fully saturated rings. The second-order valence-corrected chi connectivity index (χ2v) is 7.20. The Morgan fingerprint density at radius 1 is 1.29 bits per heavy atom. The highest BCUT2D eigenvalue weighted by molar-refractivity contribution is 9.11. The summed E-state index contributed by atoms with van der Waals surface area (Å²) in [6.45, 7) is 1.83. The highest BCUT2D eigenvalue weighted by Gasteiger charge is 2.29. The first-order valence-corrected chi connectivity index (χ1v) is 8.51. The van der Waals surface area contributed by atoms with Crippen LogP contribution in [0, 0.1) is 6.92 Å². The fraction of sp³-hybridized carbons (Fsp3) is 0.333. The van der Waals surface area contributed by atoms with E-state index in [2.05, 4.69) is 59.2 Å². The molecule has 1 N–H and O–H groups in total. The van der Waals surface area contributed by atoms with Crippen LogP contribution in [0.25, 0.3) is 10.9 Å². The number of aromatic amines is 1. The highest BCUT2D eigenvalue weighted by Crippen LogP contribution is 2.41. The standard InChI is InChI=1S/C15H13Br2N3O/c1-7-19-20-15(21-7)10-4-2-3-9-11-5-8(16)6-12(17)14(11)18-13(9)10/h5-6,10,18H,2-4H2,1H3. The van der Waals surface area contributed by atoms with Gasteiger partial charge in [-0.3, -0.25) is 0 Å². The third-order valence-electron chi connectivity index (χ3n) is 4.07. The summed E-state index contributed by atoms with van der Waals surface area (Å²) in [5.74, 6) is 1.51. The van der Waals surface area contributed by atoms with Crippen LogP contribution < -0.4 is 0 Å². The van der Waals surface area contributed by atoms with Crippen molar-refractivity contribution in [2.75, 3.05) is 0 Å². The van der Waals surface area contributed by atoms with Crippen molar-refractivity contribution in [2.45, 2.75) is 32.1 Å². The van der Waals surface area contributed by atoms with Crippen LogP contribution in [-0.4, -0.2) is 15.2 Å². The van der Waals surface area contributed by atoms with Crippen molar-refractivity contribution >= 4 is 42.8 Å². The van der Waals surface area contributed by atoms with Crippen molar-refractivity contribution in [3.8, 4) is 0 Å². The highest BCUT2D eigenvalue weighted by atomic mass is 79.9. The first-order valence-electron chi connectivity index (χ1n) is 6.93. The molecular weight excluding hydrogens is 398 g/mol. The molecule has 2 heterocycles. The number of halogens is 2. The Kier molecular flexibility index (Phi) is 3.19. The van der Waals surface area contributed by atoms with Crippen molar-refractivity contribution in [1.29, 1.82) is 0 Å². The Hall–Kier alpha value is -1.14. The molecule has 108 valence electrons. The zero-order valence-corrected chi connectivity index (χ0v) is 14.6. The van der Waals surface area contributed by atoms with Gasteiger partial charge in [0.1, 0.15) is 0 Å². The van der Waals surface area contributed by atoms with Crippen LogP contribution in [0.5, 0.6) is 0 Å². The summed E-state index contributed by atoms with van der Waals surface area (Å²) in [6.07, 6.45) is 3.26. The number of aromatic nitrogens is 3. The Bertz CT molecular complexity index is 837. The molecule has 0 radical (unpaired) electrons. The van der Waals surface area contributed by atoms with E-state index in [0.29, 0.717) is 5.89 Å². The van der Waals surface area contributed by atoms with Crippen molar-refractivity contribution in [3.63, 3.8) is 0 Å². The largest absolute Gasteiger partial charge is 0.425 e. The second kappa shape index (κ2) is 4.95. The van der Waals surface area contributed by atoms with Gasteiger partial charge in [-0.1, -0.05) is 15.9 Å². The summed E-state index contributed by atoms with van der Waals surface area (Å²) < 4.78 is 7.82. The van der Waals surface area contributed by atoms with E-state index in [9.17, 15) is 0 Å². The maximum atomic E-state index is 5.67. The molecule has 1 unspecified atom stereocenters. The predicted octanol–water partition coefficient (Wildman–Crippen LogP) is 4.85. The number of H-pyrrole nitrogens is 1. The monoisotopic (exact) mass is 409 g/mol. The molecule has 0 bridgehead atoms. The maximum Gasteiger partial charge on any atom is 0.225 e. The van der Waals surface area contributed by atoms with Gasteiger partial charge in [-0.05, 0) is 52.9 Å². The topological polar surface area (TPSA) is 54.7 Å². The van der Waals surface area contributed by atoms with Gasteiger partial charge in [-0.25, -0.2) is 0 Å². The molecule has 0 saturated carbocycles. The third kappa shape index (κ3) is 2.16. The van der Waals surface area contributed by atoms with E-state index in [-0.39, 0.29) is 5.92 Å². The van der Waals surface area contributed by atoms with E-state index in [4.69, 9.17) is 4.42 Å². The van der Waals surface area contributed by atoms with E-state index in [1.165, 1.54) is 16.6 Å². The lowest BCUT2D eigenvalue weighted by Gasteiger charge is -2.19. The van der Waals surface area contributed by atoms with Crippen LogP contribution >= 0.6 is 31.9 Å². The third-order valence-corrected chi connectivity index (χ3v) is 5.16. The molecule has 3 aromatic rings. The molecule has 1 aromatic carbocycles. The molecule has 21 heavy (non-hydrogen) atoms. The fourth-order valence-electron chi connectivity index (χ4n) is 3.19. The number of rotatable bonds is 1. The maximum absolute atomic E-state index is 5.67. The van der Waals surface area contributed by atoms with E-state index in [0.717, 1.165) is 39.6 Å². The molecule has 4 nitrogen and oxygen atoms in total. The smallest absolute Gasteiger partial charge is 0.225 e. The SMILES string of the molecule is Cc1nnc(C2CCCc3c2[nH]c2c(Br)cc(Br)cc32)o1. The van der Waals surface area contributed by atoms with Gasteiger partial charge >= 0.3 is 0 Å². The molecule has 4 rings (SSSR count). The molecular formula is C15H13Br2N3O. The average Bonchev–Trinajstić information content (AvgIpc) is 3.03. The molecule has 6 heteroatoms. The zero-order chi connectivity index (χ0) is 14.6. The number of fused-ring (bicyclic) bond motifs is 3. The lowest BCUT2D eigenvalue weighted by Crippen LogP contribution is -2.10. The van der Waals surface area contributed by atoms with Crippen LogP contribution in [0.3, 0.4) is 0 Å². The summed E-state index contributed by atoms with van der Waals surface area (Å²) in [6, 6.07) is 4.24. The zero-order valence-electron chi connectivity index (χ0n) is 11.4. The summed E-state index contributed by atoms with van der Waals surface area (Å²) in [7, 11) is 0. The van der Waals surface area contributed by atoms with Crippen molar-refractivity contribution in [1.82, 2.24) is 15.2 Å². The van der Waals surface area contributed by atoms with Gasteiger partial charge in [0.05, 0.1) is 11.4 Å². The number of hydrogen-bond donors (Lipinski definition) is 1. The molecule has 1 aliphatic carbocycles. The molecule has 1 aliphatic rings. The van der Waals surface area contributed by atoms with Gasteiger partial charge in [-0.2, -0.15) is 0 Å². The first kappa shape index (κ1) is 13.5. The van der Waals surface area contributed by atoms with Gasteiger partial charge in [0.25, 0.3) is 0 Å². The van der Waals surface area contributed by atoms with Gasteiger partial charge in [0, 0.05) is 26.9 Å². The molecule has 2 aromatic heterocycles. The number of aryl methyl sites for hydroxylation is 2. The molecule has 0 amide bonds.